The molecular weight excluding hydrogens is 388 g/mol. The second-order valence-electron chi connectivity index (χ2n) is 6.77. The molecule has 2 aromatic heterocycles. The number of halogens is 1. The fourth-order valence-corrected chi connectivity index (χ4v) is 3.46. The summed E-state index contributed by atoms with van der Waals surface area (Å²) in [5.41, 5.74) is 0.838. The second-order valence-corrected chi connectivity index (χ2v) is 7.18. The van der Waals surface area contributed by atoms with Crippen LogP contribution in [0.25, 0.3) is 11.9 Å². The molecule has 7 nitrogen and oxygen atoms in total. The van der Waals surface area contributed by atoms with Gasteiger partial charge < -0.3 is 9.80 Å². The van der Waals surface area contributed by atoms with Crippen LogP contribution in [0.5, 0.6) is 0 Å². The summed E-state index contributed by atoms with van der Waals surface area (Å²) < 4.78 is 1.86. The number of aromatic nitrogens is 4. The van der Waals surface area contributed by atoms with E-state index in [9.17, 15) is 4.79 Å². The zero-order valence-electron chi connectivity index (χ0n) is 16.1. The minimum absolute atomic E-state index is 0.0115. The first kappa shape index (κ1) is 19.1. The van der Waals surface area contributed by atoms with E-state index in [1.165, 1.54) is 0 Å². The quantitative estimate of drug-likeness (QED) is 0.621. The zero-order valence-corrected chi connectivity index (χ0v) is 16.8. The van der Waals surface area contributed by atoms with E-state index in [-0.39, 0.29) is 5.91 Å². The summed E-state index contributed by atoms with van der Waals surface area (Å²) in [5.74, 6) is 2.33. The minimum atomic E-state index is -0.0115. The summed E-state index contributed by atoms with van der Waals surface area (Å²) in [4.78, 5) is 29.7. The Kier molecular flexibility index (Phi) is 5.57. The third-order valence-electron chi connectivity index (χ3n) is 4.81. The Bertz CT molecular complexity index is 1030. The molecule has 8 heteroatoms. The highest BCUT2D eigenvalue weighted by molar-refractivity contribution is 6.32. The predicted molar refractivity (Wildman–Crippen MR) is 113 cm³/mol. The molecule has 0 radical (unpaired) electrons. The number of anilines is 1. The fraction of sp³-hybridized carbons (Fsp3) is 0.238. The van der Waals surface area contributed by atoms with Crippen molar-refractivity contribution in [1.29, 1.82) is 0 Å². The van der Waals surface area contributed by atoms with Crippen LogP contribution in [0.1, 0.15) is 11.4 Å². The summed E-state index contributed by atoms with van der Waals surface area (Å²) >= 11 is 6.14. The van der Waals surface area contributed by atoms with Crippen LogP contribution in [0.2, 0.25) is 5.02 Å². The molecule has 1 saturated heterocycles. The maximum absolute atomic E-state index is 12.5. The Hall–Kier alpha value is -3.19. The number of nitrogens with zero attached hydrogens (tertiary/aromatic N) is 6. The molecule has 0 N–H and O–H groups in total. The highest BCUT2D eigenvalue weighted by Crippen LogP contribution is 2.19. The third kappa shape index (κ3) is 4.46. The Balaban J connectivity index is 1.41. The van der Waals surface area contributed by atoms with E-state index < -0.39 is 0 Å². The normalized spacial score (nSPS) is 14.6. The Morgan fingerprint density at radius 2 is 1.86 bits per heavy atom. The van der Waals surface area contributed by atoms with Crippen molar-refractivity contribution in [2.24, 2.45) is 0 Å². The van der Waals surface area contributed by atoms with Crippen molar-refractivity contribution in [3.8, 4) is 5.82 Å². The Morgan fingerprint density at radius 1 is 1.10 bits per heavy atom. The second kappa shape index (κ2) is 8.45. The zero-order chi connectivity index (χ0) is 20.2. The number of carbonyl (C=O) groups excluding carboxylic acids is 1. The molecule has 29 heavy (non-hydrogen) atoms. The minimum Gasteiger partial charge on any atom is -0.353 e. The molecule has 4 rings (SSSR count). The van der Waals surface area contributed by atoms with E-state index in [1.807, 2.05) is 52.9 Å². The molecule has 0 aliphatic carbocycles. The molecule has 0 atom stereocenters. The largest absolute Gasteiger partial charge is 0.353 e. The van der Waals surface area contributed by atoms with Gasteiger partial charge in [0, 0.05) is 55.7 Å². The van der Waals surface area contributed by atoms with Crippen molar-refractivity contribution >= 4 is 29.4 Å². The van der Waals surface area contributed by atoms with Crippen LogP contribution >= 0.6 is 11.6 Å². The van der Waals surface area contributed by atoms with Crippen LogP contribution in [0.15, 0.2) is 55.1 Å². The number of hydrogen-bond acceptors (Lipinski definition) is 5. The van der Waals surface area contributed by atoms with Crippen molar-refractivity contribution in [2.75, 3.05) is 31.1 Å². The van der Waals surface area contributed by atoms with E-state index in [1.54, 1.807) is 24.7 Å². The fourth-order valence-electron chi connectivity index (χ4n) is 3.26. The summed E-state index contributed by atoms with van der Waals surface area (Å²) in [6.07, 6.45) is 8.64. The lowest BCUT2D eigenvalue weighted by Gasteiger charge is -2.35. The number of piperazine rings is 1. The summed E-state index contributed by atoms with van der Waals surface area (Å²) in [6.45, 7) is 4.57. The first-order chi connectivity index (χ1) is 14.1. The molecular formula is C21H21ClN6O. The van der Waals surface area contributed by atoms with Gasteiger partial charge in [0.25, 0.3) is 0 Å². The van der Waals surface area contributed by atoms with E-state index in [0.29, 0.717) is 37.0 Å². The van der Waals surface area contributed by atoms with Crippen LogP contribution in [0.3, 0.4) is 0 Å². The highest BCUT2D eigenvalue weighted by atomic mass is 35.5. The van der Waals surface area contributed by atoms with Gasteiger partial charge in [-0.15, -0.1) is 0 Å². The van der Waals surface area contributed by atoms with E-state index in [0.717, 1.165) is 17.2 Å². The molecule has 0 unspecified atom stereocenters. The SMILES string of the molecule is Cc1nc(N2CCN(C(=O)/C=C/c3ccccc3Cl)CC2)cc(-n2ccnc2)n1. The van der Waals surface area contributed by atoms with Crippen LogP contribution < -0.4 is 4.90 Å². The van der Waals surface area contributed by atoms with Gasteiger partial charge in [0.05, 0.1) is 0 Å². The van der Waals surface area contributed by atoms with Crippen LogP contribution in [0, 0.1) is 6.92 Å². The Morgan fingerprint density at radius 3 is 2.59 bits per heavy atom. The topological polar surface area (TPSA) is 67.2 Å². The molecule has 1 amide bonds. The van der Waals surface area contributed by atoms with E-state index in [4.69, 9.17) is 11.6 Å². The number of carbonyl (C=O) groups is 1. The number of benzene rings is 1. The summed E-state index contributed by atoms with van der Waals surface area (Å²) in [6, 6.07) is 9.42. The third-order valence-corrected chi connectivity index (χ3v) is 5.15. The van der Waals surface area contributed by atoms with Gasteiger partial charge in [-0.25, -0.2) is 15.0 Å². The molecule has 3 aromatic rings. The van der Waals surface area contributed by atoms with Gasteiger partial charge in [-0.2, -0.15) is 0 Å². The van der Waals surface area contributed by atoms with Gasteiger partial charge in [-0.3, -0.25) is 9.36 Å². The summed E-state index contributed by atoms with van der Waals surface area (Å²) in [5, 5.41) is 0.634. The smallest absolute Gasteiger partial charge is 0.246 e. The number of amides is 1. The van der Waals surface area contributed by atoms with Crippen molar-refractivity contribution in [2.45, 2.75) is 6.92 Å². The van der Waals surface area contributed by atoms with Gasteiger partial charge in [-0.05, 0) is 24.6 Å². The van der Waals surface area contributed by atoms with Crippen LogP contribution in [-0.2, 0) is 4.79 Å². The lowest BCUT2D eigenvalue weighted by atomic mass is 10.2. The van der Waals surface area contributed by atoms with Gasteiger partial charge in [-0.1, -0.05) is 29.8 Å². The van der Waals surface area contributed by atoms with Gasteiger partial charge in [0.15, 0.2) is 0 Å². The number of aryl methyl sites for hydroxylation is 1. The molecule has 1 aliphatic heterocycles. The molecule has 0 saturated carbocycles. The average molecular weight is 409 g/mol. The first-order valence-electron chi connectivity index (χ1n) is 9.40. The molecule has 1 aliphatic rings. The van der Waals surface area contributed by atoms with Crippen LogP contribution in [0.4, 0.5) is 5.82 Å². The van der Waals surface area contributed by atoms with Gasteiger partial charge >= 0.3 is 0 Å². The lowest BCUT2D eigenvalue weighted by molar-refractivity contribution is -0.126. The van der Waals surface area contributed by atoms with Crippen molar-refractivity contribution in [3.05, 3.63) is 71.5 Å². The van der Waals surface area contributed by atoms with Crippen molar-refractivity contribution < 1.29 is 4.79 Å². The monoisotopic (exact) mass is 408 g/mol. The maximum Gasteiger partial charge on any atom is 0.246 e. The molecule has 1 aromatic carbocycles. The number of imidazole rings is 1. The standard InChI is InChI=1S/C21H21ClN6O/c1-16-24-19(14-20(25-16)28-9-8-23-15-28)26-10-12-27(13-11-26)21(29)7-6-17-4-2-3-5-18(17)22/h2-9,14-15H,10-13H2,1H3/b7-6+. The molecule has 148 valence electrons. The van der Waals surface area contributed by atoms with Gasteiger partial charge in [0.2, 0.25) is 5.91 Å². The lowest BCUT2D eigenvalue weighted by Crippen LogP contribution is -2.48. The molecule has 0 spiro atoms. The first-order valence-corrected chi connectivity index (χ1v) is 9.78. The molecule has 1 fully saturated rings. The molecule has 3 heterocycles. The number of hydrogen-bond donors (Lipinski definition) is 0. The predicted octanol–water partition coefficient (Wildman–Crippen LogP) is 2.99. The van der Waals surface area contributed by atoms with E-state index in [2.05, 4.69) is 19.9 Å². The highest BCUT2D eigenvalue weighted by Gasteiger charge is 2.21. The van der Waals surface area contributed by atoms with Crippen LogP contribution in [-0.4, -0.2) is 56.5 Å². The molecule has 0 bridgehead atoms. The van der Waals surface area contributed by atoms with Gasteiger partial charge in [0.1, 0.15) is 23.8 Å². The van der Waals surface area contributed by atoms with Crippen molar-refractivity contribution in [1.82, 2.24) is 24.4 Å². The summed E-state index contributed by atoms with van der Waals surface area (Å²) in [7, 11) is 0. The number of rotatable bonds is 4. The van der Waals surface area contributed by atoms with Crippen molar-refractivity contribution in [3.63, 3.8) is 0 Å². The average Bonchev–Trinajstić information content (AvgIpc) is 3.28. The maximum atomic E-state index is 12.5. The Labute approximate surface area is 174 Å². The van der Waals surface area contributed by atoms with E-state index >= 15 is 0 Å².